The lowest BCUT2D eigenvalue weighted by Crippen LogP contribution is -2.56. The van der Waals surface area contributed by atoms with E-state index in [2.05, 4.69) is 60.6 Å². The van der Waals surface area contributed by atoms with Crippen molar-refractivity contribution in [3.8, 4) is 0 Å². The Hall–Kier alpha value is -3.12. The van der Waals surface area contributed by atoms with E-state index in [0.717, 1.165) is 36.8 Å². The molecule has 1 heterocycles. The second-order valence-electron chi connectivity index (χ2n) is 12.8. The van der Waals surface area contributed by atoms with Gasteiger partial charge in [0.2, 0.25) is 11.8 Å². The minimum absolute atomic E-state index is 0.00889. The van der Waals surface area contributed by atoms with E-state index in [1.165, 1.54) is 35.8 Å². The second-order valence-corrected chi connectivity index (χ2v) is 12.8. The summed E-state index contributed by atoms with van der Waals surface area (Å²) in [6.07, 6.45) is 9.70. The number of methoxy groups -OCH3 is 1. The molecular weight excluding hydrogens is 498 g/mol. The van der Waals surface area contributed by atoms with Crippen molar-refractivity contribution >= 4 is 22.7 Å². The molecule has 212 valence electrons. The Bertz CT molecular complexity index is 1310. The summed E-state index contributed by atoms with van der Waals surface area (Å²) in [5.74, 6) is 2.26. The third-order valence-electron chi connectivity index (χ3n) is 9.84. The molecule has 0 radical (unpaired) electrons. The first kappa shape index (κ1) is 27.1. The minimum Gasteiger partial charge on any atom is -0.383 e. The number of aryl methyl sites for hydroxylation is 1. The van der Waals surface area contributed by atoms with Crippen LogP contribution in [0.15, 0.2) is 54.7 Å². The average molecular weight is 542 g/mol. The van der Waals surface area contributed by atoms with Gasteiger partial charge >= 0.3 is 0 Å². The summed E-state index contributed by atoms with van der Waals surface area (Å²) < 4.78 is 5.41. The molecule has 40 heavy (non-hydrogen) atoms. The Kier molecular flexibility index (Phi) is 7.71. The number of carbonyl (C=O) groups excluding carboxylic acids is 2. The van der Waals surface area contributed by atoms with Gasteiger partial charge in [-0.05, 0) is 86.8 Å². The van der Waals surface area contributed by atoms with Crippen LogP contribution in [0.25, 0.3) is 10.9 Å². The molecule has 0 unspecified atom stereocenters. The number of para-hydroxylation sites is 1. The van der Waals surface area contributed by atoms with Crippen LogP contribution in [0.1, 0.15) is 55.2 Å². The number of aromatic nitrogens is 1. The molecule has 0 saturated heterocycles. The number of nitrogens with one attached hydrogen (secondary N) is 1. The molecule has 7 rings (SSSR count). The number of amides is 2. The van der Waals surface area contributed by atoms with Gasteiger partial charge in [0.1, 0.15) is 0 Å². The summed E-state index contributed by atoms with van der Waals surface area (Å²) in [5.41, 5.74) is 4.36. The Morgan fingerprint density at radius 3 is 2.27 bits per heavy atom. The molecule has 1 aromatic heterocycles. The first-order chi connectivity index (χ1) is 19.4. The number of ether oxygens (including phenoxy) is 1. The molecule has 4 fully saturated rings. The standard InChI is InChI=1S/C34H43N3O3/c1-24-7-9-25(10-8-24)22-36(12-11-29-21-35-31-6-4-3-5-30(29)31)32(38)23-37(13-14-40-2)33(39)34-18-26-15-27(19-34)17-28(16-26)20-34/h3-10,21,26-28,35H,11-20,22-23H2,1-2H3. The first-order valence-corrected chi connectivity index (χ1v) is 15.1. The van der Waals surface area contributed by atoms with Crippen LogP contribution in [0.5, 0.6) is 0 Å². The Balaban J connectivity index is 1.21. The summed E-state index contributed by atoms with van der Waals surface area (Å²) >= 11 is 0. The van der Waals surface area contributed by atoms with Gasteiger partial charge in [-0.2, -0.15) is 0 Å². The average Bonchev–Trinajstić information content (AvgIpc) is 3.36. The van der Waals surface area contributed by atoms with E-state index in [-0.39, 0.29) is 23.8 Å². The smallest absolute Gasteiger partial charge is 0.242 e. The van der Waals surface area contributed by atoms with Gasteiger partial charge in [-0.3, -0.25) is 9.59 Å². The van der Waals surface area contributed by atoms with Crippen molar-refractivity contribution in [3.05, 3.63) is 71.4 Å². The van der Waals surface area contributed by atoms with Crippen molar-refractivity contribution in [1.82, 2.24) is 14.8 Å². The van der Waals surface area contributed by atoms with Crippen molar-refractivity contribution in [3.63, 3.8) is 0 Å². The number of carbonyl (C=O) groups is 2. The number of hydrogen-bond acceptors (Lipinski definition) is 3. The molecule has 6 nitrogen and oxygen atoms in total. The van der Waals surface area contributed by atoms with E-state index < -0.39 is 0 Å². The fourth-order valence-corrected chi connectivity index (χ4v) is 8.22. The zero-order chi connectivity index (χ0) is 27.7. The lowest BCUT2D eigenvalue weighted by Gasteiger charge is -2.56. The largest absolute Gasteiger partial charge is 0.383 e. The molecule has 1 N–H and O–H groups in total. The molecule has 4 aliphatic carbocycles. The Morgan fingerprint density at radius 1 is 0.925 bits per heavy atom. The summed E-state index contributed by atoms with van der Waals surface area (Å²) in [4.78, 5) is 35.4. The van der Waals surface area contributed by atoms with Crippen molar-refractivity contribution in [2.75, 3.05) is 33.4 Å². The number of fused-ring (bicyclic) bond motifs is 1. The van der Waals surface area contributed by atoms with Gasteiger partial charge in [0, 0.05) is 43.8 Å². The van der Waals surface area contributed by atoms with Crippen LogP contribution < -0.4 is 0 Å². The Labute approximate surface area is 238 Å². The van der Waals surface area contributed by atoms with Crippen molar-refractivity contribution in [1.29, 1.82) is 0 Å². The van der Waals surface area contributed by atoms with E-state index in [9.17, 15) is 9.59 Å². The van der Waals surface area contributed by atoms with Crippen molar-refractivity contribution in [2.24, 2.45) is 23.2 Å². The number of rotatable bonds is 11. The van der Waals surface area contributed by atoms with Crippen LogP contribution in [-0.4, -0.2) is 59.9 Å². The zero-order valence-corrected chi connectivity index (χ0v) is 24.0. The molecule has 2 aromatic carbocycles. The molecule has 0 aliphatic heterocycles. The quantitative estimate of drug-likeness (QED) is 0.337. The zero-order valence-electron chi connectivity index (χ0n) is 24.0. The van der Waals surface area contributed by atoms with E-state index in [4.69, 9.17) is 4.74 Å². The fraction of sp³-hybridized carbons (Fsp3) is 0.529. The Morgan fingerprint density at radius 2 is 1.60 bits per heavy atom. The van der Waals surface area contributed by atoms with E-state index >= 15 is 0 Å². The predicted octanol–water partition coefficient (Wildman–Crippen LogP) is 5.74. The van der Waals surface area contributed by atoms with Crippen LogP contribution in [0.2, 0.25) is 0 Å². The number of aromatic amines is 1. The fourth-order valence-electron chi connectivity index (χ4n) is 8.22. The summed E-state index contributed by atoms with van der Waals surface area (Å²) in [6.45, 7) is 4.23. The van der Waals surface area contributed by atoms with Crippen LogP contribution >= 0.6 is 0 Å². The number of hydrogen-bond donors (Lipinski definition) is 1. The first-order valence-electron chi connectivity index (χ1n) is 15.1. The highest BCUT2D eigenvalue weighted by Crippen LogP contribution is 2.60. The molecule has 0 spiro atoms. The van der Waals surface area contributed by atoms with E-state index in [0.29, 0.717) is 44.0 Å². The summed E-state index contributed by atoms with van der Waals surface area (Å²) in [6, 6.07) is 16.7. The highest BCUT2D eigenvalue weighted by molar-refractivity contribution is 5.88. The lowest BCUT2D eigenvalue weighted by molar-refractivity contribution is -0.161. The highest BCUT2D eigenvalue weighted by atomic mass is 16.5. The van der Waals surface area contributed by atoms with Crippen LogP contribution in [0, 0.1) is 30.1 Å². The molecule has 4 bridgehead atoms. The maximum atomic E-state index is 14.2. The van der Waals surface area contributed by atoms with Gasteiger partial charge in [-0.25, -0.2) is 0 Å². The number of H-pyrrole nitrogens is 1. The third-order valence-corrected chi connectivity index (χ3v) is 9.84. The normalized spacial score (nSPS) is 24.9. The van der Waals surface area contributed by atoms with Crippen LogP contribution in [-0.2, 0) is 27.3 Å². The maximum absolute atomic E-state index is 14.2. The highest BCUT2D eigenvalue weighted by Gasteiger charge is 2.55. The molecule has 3 aromatic rings. The molecule has 0 atom stereocenters. The van der Waals surface area contributed by atoms with Gasteiger partial charge in [-0.1, -0.05) is 48.0 Å². The monoisotopic (exact) mass is 541 g/mol. The molecule has 2 amide bonds. The van der Waals surface area contributed by atoms with Gasteiger partial charge in [-0.15, -0.1) is 0 Å². The maximum Gasteiger partial charge on any atom is 0.242 e. The SMILES string of the molecule is COCCN(CC(=O)N(CCc1c[nH]c2ccccc12)Cc1ccc(C)cc1)C(=O)C12CC3CC(CC(C3)C1)C2. The van der Waals surface area contributed by atoms with Crippen LogP contribution in [0.3, 0.4) is 0 Å². The molecule has 4 saturated carbocycles. The van der Waals surface area contributed by atoms with Gasteiger partial charge in [0.25, 0.3) is 0 Å². The summed E-state index contributed by atoms with van der Waals surface area (Å²) in [7, 11) is 1.67. The van der Waals surface area contributed by atoms with Gasteiger partial charge < -0.3 is 19.5 Å². The molecule has 6 heteroatoms. The predicted molar refractivity (Wildman–Crippen MR) is 158 cm³/mol. The topological polar surface area (TPSA) is 65.6 Å². The second kappa shape index (κ2) is 11.4. The van der Waals surface area contributed by atoms with E-state index in [1.807, 2.05) is 15.9 Å². The van der Waals surface area contributed by atoms with Crippen molar-refractivity contribution in [2.45, 2.75) is 58.4 Å². The molecule has 4 aliphatic rings. The number of benzene rings is 2. The van der Waals surface area contributed by atoms with Gasteiger partial charge in [0.05, 0.1) is 18.6 Å². The minimum atomic E-state index is -0.269. The van der Waals surface area contributed by atoms with Crippen LogP contribution in [0.4, 0.5) is 0 Å². The third kappa shape index (κ3) is 5.56. The number of nitrogens with zero attached hydrogens (tertiary/aromatic N) is 2. The summed E-state index contributed by atoms with van der Waals surface area (Å²) in [5, 5.41) is 1.20. The van der Waals surface area contributed by atoms with E-state index in [1.54, 1.807) is 7.11 Å². The van der Waals surface area contributed by atoms with Crippen molar-refractivity contribution < 1.29 is 14.3 Å². The lowest BCUT2D eigenvalue weighted by atomic mass is 9.49. The molecular formula is C34H43N3O3. The van der Waals surface area contributed by atoms with Gasteiger partial charge in [0.15, 0.2) is 0 Å².